The van der Waals surface area contributed by atoms with E-state index in [4.69, 9.17) is 14.2 Å². The first-order valence-electron chi connectivity index (χ1n) is 8.27. The predicted molar refractivity (Wildman–Crippen MR) is 103 cm³/mol. The Morgan fingerprint density at radius 2 is 1.67 bits per heavy atom. The van der Waals surface area contributed by atoms with Crippen molar-refractivity contribution in [3.63, 3.8) is 0 Å². The third kappa shape index (κ3) is 4.75. The lowest BCUT2D eigenvalue weighted by molar-refractivity contribution is 0.355. The summed E-state index contributed by atoms with van der Waals surface area (Å²) in [6.45, 7) is 0.610. The predicted octanol–water partition coefficient (Wildman–Crippen LogP) is 3.25. The van der Waals surface area contributed by atoms with Crippen LogP contribution in [0.5, 0.6) is 17.2 Å². The van der Waals surface area contributed by atoms with Gasteiger partial charge in [0.15, 0.2) is 17.3 Å². The van der Waals surface area contributed by atoms with Gasteiger partial charge in [-0.1, -0.05) is 12.1 Å². The van der Waals surface area contributed by atoms with Crippen molar-refractivity contribution >= 4 is 17.5 Å². The average molecular weight is 367 g/mol. The quantitative estimate of drug-likeness (QED) is 0.627. The SMILES string of the molecule is COc1ccc(CNc2cnnc(Nc3ccc(OC)c(OC)c3)n2)cc1. The minimum absolute atomic E-state index is 0.377. The zero-order valence-corrected chi connectivity index (χ0v) is 15.4. The molecule has 2 aromatic carbocycles. The molecule has 3 aromatic rings. The van der Waals surface area contributed by atoms with Gasteiger partial charge in [-0.25, -0.2) is 0 Å². The fraction of sp³-hybridized carbons (Fsp3) is 0.211. The van der Waals surface area contributed by atoms with E-state index in [9.17, 15) is 0 Å². The number of methoxy groups -OCH3 is 3. The minimum Gasteiger partial charge on any atom is -0.497 e. The van der Waals surface area contributed by atoms with Crippen LogP contribution in [-0.4, -0.2) is 36.5 Å². The fourth-order valence-corrected chi connectivity index (χ4v) is 2.42. The molecule has 8 heteroatoms. The molecule has 1 aromatic heterocycles. The summed E-state index contributed by atoms with van der Waals surface area (Å²) in [5.74, 6) is 3.08. The van der Waals surface area contributed by atoms with Gasteiger partial charge in [0, 0.05) is 18.3 Å². The van der Waals surface area contributed by atoms with Gasteiger partial charge in [-0.05, 0) is 29.8 Å². The zero-order chi connectivity index (χ0) is 19.1. The molecule has 2 N–H and O–H groups in total. The lowest BCUT2D eigenvalue weighted by atomic mass is 10.2. The molecule has 0 amide bonds. The summed E-state index contributed by atoms with van der Waals surface area (Å²) in [6, 6.07) is 13.3. The summed E-state index contributed by atoms with van der Waals surface area (Å²) >= 11 is 0. The van der Waals surface area contributed by atoms with Crippen LogP contribution in [0.2, 0.25) is 0 Å². The normalized spacial score (nSPS) is 10.2. The number of anilines is 3. The molecule has 0 saturated heterocycles. The Labute approximate surface area is 157 Å². The Kier molecular flexibility index (Phi) is 5.88. The van der Waals surface area contributed by atoms with Crippen molar-refractivity contribution in [2.75, 3.05) is 32.0 Å². The minimum atomic E-state index is 0.377. The molecule has 27 heavy (non-hydrogen) atoms. The van der Waals surface area contributed by atoms with Crippen molar-refractivity contribution in [1.82, 2.24) is 15.2 Å². The van der Waals surface area contributed by atoms with Crippen LogP contribution in [0.1, 0.15) is 5.56 Å². The third-order valence-electron chi connectivity index (χ3n) is 3.83. The monoisotopic (exact) mass is 367 g/mol. The average Bonchev–Trinajstić information content (AvgIpc) is 2.73. The summed E-state index contributed by atoms with van der Waals surface area (Å²) in [5, 5.41) is 14.3. The third-order valence-corrected chi connectivity index (χ3v) is 3.83. The Balaban J connectivity index is 1.66. The summed E-state index contributed by atoms with van der Waals surface area (Å²) in [4.78, 5) is 4.42. The number of aromatic nitrogens is 3. The van der Waals surface area contributed by atoms with Gasteiger partial charge in [0.2, 0.25) is 5.95 Å². The molecule has 0 atom stereocenters. The van der Waals surface area contributed by atoms with Gasteiger partial charge >= 0.3 is 0 Å². The van der Waals surface area contributed by atoms with Gasteiger partial charge in [-0.15, -0.1) is 5.10 Å². The van der Waals surface area contributed by atoms with Gasteiger partial charge in [0.25, 0.3) is 0 Å². The van der Waals surface area contributed by atoms with Crippen molar-refractivity contribution in [2.45, 2.75) is 6.54 Å². The molecule has 0 fully saturated rings. The van der Waals surface area contributed by atoms with E-state index < -0.39 is 0 Å². The topological polar surface area (TPSA) is 90.4 Å². The van der Waals surface area contributed by atoms with E-state index in [1.54, 1.807) is 39.7 Å². The van der Waals surface area contributed by atoms with Gasteiger partial charge < -0.3 is 24.8 Å². The first-order chi connectivity index (χ1) is 13.2. The van der Waals surface area contributed by atoms with Crippen molar-refractivity contribution in [3.05, 3.63) is 54.2 Å². The number of ether oxygens (including phenoxy) is 3. The molecule has 140 valence electrons. The molecule has 8 nitrogen and oxygen atoms in total. The largest absolute Gasteiger partial charge is 0.497 e. The maximum atomic E-state index is 5.30. The number of nitrogens with one attached hydrogen (secondary N) is 2. The second-order valence-corrected chi connectivity index (χ2v) is 5.56. The van der Waals surface area contributed by atoms with Crippen molar-refractivity contribution in [3.8, 4) is 17.2 Å². The molecule has 0 spiro atoms. The maximum absolute atomic E-state index is 5.30. The van der Waals surface area contributed by atoms with Gasteiger partial charge in [-0.2, -0.15) is 10.1 Å². The fourth-order valence-electron chi connectivity index (χ4n) is 2.42. The highest BCUT2D eigenvalue weighted by Crippen LogP contribution is 2.30. The molecule has 0 aliphatic carbocycles. The number of hydrogen-bond acceptors (Lipinski definition) is 8. The van der Waals surface area contributed by atoms with Gasteiger partial charge in [0.1, 0.15) is 5.75 Å². The van der Waals surface area contributed by atoms with Crippen LogP contribution >= 0.6 is 0 Å². The number of rotatable bonds is 8. The molecule has 0 aliphatic rings. The molecule has 0 saturated carbocycles. The summed E-state index contributed by atoms with van der Waals surface area (Å²) < 4.78 is 15.7. The highest BCUT2D eigenvalue weighted by molar-refractivity contribution is 5.60. The molecule has 0 aliphatic heterocycles. The first kappa shape index (κ1) is 18.2. The number of benzene rings is 2. The van der Waals surface area contributed by atoms with E-state index in [2.05, 4.69) is 25.8 Å². The van der Waals surface area contributed by atoms with E-state index in [1.165, 1.54) is 0 Å². The lowest BCUT2D eigenvalue weighted by Crippen LogP contribution is -2.05. The molecule has 1 heterocycles. The smallest absolute Gasteiger partial charge is 0.249 e. The Bertz CT molecular complexity index is 887. The number of nitrogens with zero attached hydrogens (tertiary/aromatic N) is 3. The zero-order valence-electron chi connectivity index (χ0n) is 15.4. The Morgan fingerprint density at radius 1 is 0.889 bits per heavy atom. The van der Waals surface area contributed by atoms with E-state index in [-0.39, 0.29) is 0 Å². The second kappa shape index (κ2) is 8.70. The molecule has 0 unspecified atom stereocenters. The van der Waals surface area contributed by atoms with Crippen molar-refractivity contribution < 1.29 is 14.2 Å². The Morgan fingerprint density at radius 3 is 2.37 bits per heavy atom. The van der Waals surface area contributed by atoms with E-state index in [0.717, 1.165) is 17.0 Å². The highest BCUT2D eigenvalue weighted by Gasteiger charge is 2.07. The Hall–Kier alpha value is -3.55. The van der Waals surface area contributed by atoms with Crippen LogP contribution in [0.25, 0.3) is 0 Å². The van der Waals surface area contributed by atoms with Crippen LogP contribution in [0.15, 0.2) is 48.7 Å². The summed E-state index contributed by atoms with van der Waals surface area (Å²) in [5.41, 5.74) is 1.87. The summed E-state index contributed by atoms with van der Waals surface area (Å²) in [6.07, 6.45) is 1.57. The second-order valence-electron chi connectivity index (χ2n) is 5.56. The number of hydrogen-bond donors (Lipinski definition) is 2. The van der Waals surface area contributed by atoms with Gasteiger partial charge in [-0.3, -0.25) is 0 Å². The first-order valence-corrected chi connectivity index (χ1v) is 8.27. The maximum Gasteiger partial charge on any atom is 0.249 e. The summed E-state index contributed by atoms with van der Waals surface area (Å²) in [7, 11) is 4.83. The van der Waals surface area contributed by atoms with Crippen molar-refractivity contribution in [1.29, 1.82) is 0 Å². The van der Waals surface area contributed by atoms with Crippen LogP contribution in [-0.2, 0) is 6.54 Å². The van der Waals surface area contributed by atoms with E-state index in [1.807, 2.05) is 30.3 Å². The van der Waals surface area contributed by atoms with E-state index in [0.29, 0.717) is 29.8 Å². The van der Waals surface area contributed by atoms with Crippen LogP contribution < -0.4 is 24.8 Å². The van der Waals surface area contributed by atoms with Gasteiger partial charge in [0.05, 0.1) is 27.5 Å². The molecular formula is C19H21N5O3. The molecule has 3 rings (SSSR count). The van der Waals surface area contributed by atoms with E-state index >= 15 is 0 Å². The standard InChI is InChI=1S/C19H21N5O3/c1-25-15-7-4-13(5-8-15)11-20-18-12-21-24-19(23-18)22-14-6-9-16(26-2)17(10-14)27-3/h4-10,12H,11H2,1-3H3,(H2,20,22,23,24). The highest BCUT2D eigenvalue weighted by atomic mass is 16.5. The molecular weight excluding hydrogens is 346 g/mol. The van der Waals surface area contributed by atoms with Crippen molar-refractivity contribution in [2.24, 2.45) is 0 Å². The van der Waals surface area contributed by atoms with Crippen LogP contribution in [0, 0.1) is 0 Å². The molecule has 0 bridgehead atoms. The lowest BCUT2D eigenvalue weighted by Gasteiger charge is -2.11. The van der Waals surface area contributed by atoms with Crippen LogP contribution in [0.3, 0.4) is 0 Å². The van der Waals surface area contributed by atoms with Crippen LogP contribution in [0.4, 0.5) is 17.5 Å². The molecule has 0 radical (unpaired) electrons.